The summed E-state index contributed by atoms with van der Waals surface area (Å²) in [5.41, 5.74) is 4.11. The van der Waals surface area contributed by atoms with Crippen LogP contribution in [0.25, 0.3) is 11.3 Å². The Hall–Kier alpha value is -2.55. The third-order valence-electron chi connectivity index (χ3n) is 5.88. The number of aryl methyl sites for hydroxylation is 2. The highest BCUT2D eigenvalue weighted by Crippen LogP contribution is 2.30. The Kier molecular flexibility index (Phi) is 5.96. The second kappa shape index (κ2) is 8.53. The summed E-state index contributed by atoms with van der Waals surface area (Å²) >= 11 is 0. The van der Waals surface area contributed by atoms with Gasteiger partial charge in [-0.25, -0.2) is 12.8 Å². The number of hydrogen-bond donors (Lipinski definition) is 0. The molecule has 164 valence electrons. The molecule has 1 saturated heterocycles. The normalized spacial score (nSPS) is 16.0. The molecular weight excluding hydrogens is 417 g/mol. The van der Waals surface area contributed by atoms with Gasteiger partial charge in [0.2, 0.25) is 10.0 Å². The molecule has 0 spiro atoms. The monoisotopic (exact) mass is 443 g/mol. The molecule has 0 radical (unpaired) electrons. The predicted molar refractivity (Wildman–Crippen MR) is 117 cm³/mol. The molecule has 2 aromatic carbocycles. The lowest BCUT2D eigenvalue weighted by Crippen LogP contribution is -2.48. The summed E-state index contributed by atoms with van der Waals surface area (Å²) < 4.78 is 46.9. The van der Waals surface area contributed by atoms with Gasteiger partial charge in [0, 0.05) is 43.9 Å². The van der Waals surface area contributed by atoms with Crippen molar-refractivity contribution in [2.24, 2.45) is 0 Å². The van der Waals surface area contributed by atoms with Gasteiger partial charge in [-0.1, -0.05) is 29.4 Å². The Labute approximate surface area is 182 Å². The van der Waals surface area contributed by atoms with E-state index in [1.807, 2.05) is 26.0 Å². The Bertz CT molecular complexity index is 1180. The summed E-state index contributed by atoms with van der Waals surface area (Å²) in [5.74, 6) is 0.339. The first-order chi connectivity index (χ1) is 14.8. The fraction of sp³-hybridized carbons (Fsp3) is 0.348. The van der Waals surface area contributed by atoms with E-state index in [0.29, 0.717) is 54.5 Å². The van der Waals surface area contributed by atoms with Crippen molar-refractivity contribution in [1.29, 1.82) is 0 Å². The highest BCUT2D eigenvalue weighted by molar-refractivity contribution is 7.89. The van der Waals surface area contributed by atoms with Crippen molar-refractivity contribution in [2.45, 2.75) is 32.2 Å². The molecule has 2 heterocycles. The van der Waals surface area contributed by atoms with Crippen molar-refractivity contribution in [3.8, 4) is 11.3 Å². The van der Waals surface area contributed by atoms with Crippen LogP contribution in [0.3, 0.4) is 0 Å². The van der Waals surface area contributed by atoms with Crippen LogP contribution in [-0.2, 0) is 16.6 Å². The van der Waals surface area contributed by atoms with E-state index in [1.165, 1.54) is 12.1 Å². The number of rotatable bonds is 5. The second-order valence-electron chi connectivity index (χ2n) is 8.01. The number of hydrogen-bond acceptors (Lipinski definition) is 5. The summed E-state index contributed by atoms with van der Waals surface area (Å²) in [7, 11) is -3.64. The molecule has 1 aromatic heterocycles. The number of piperazine rings is 1. The number of nitrogens with zero attached hydrogens (tertiary/aromatic N) is 3. The molecule has 1 aliphatic rings. The van der Waals surface area contributed by atoms with Gasteiger partial charge in [0.1, 0.15) is 5.82 Å². The fourth-order valence-corrected chi connectivity index (χ4v) is 5.49. The second-order valence-corrected chi connectivity index (χ2v) is 9.92. The van der Waals surface area contributed by atoms with E-state index in [9.17, 15) is 12.8 Å². The lowest BCUT2D eigenvalue weighted by Gasteiger charge is -2.34. The highest BCUT2D eigenvalue weighted by Gasteiger charge is 2.30. The zero-order valence-corrected chi connectivity index (χ0v) is 18.7. The Morgan fingerprint density at radius 3 is 2.29 bits per heavy atom. The SMILES string of the molecule is Cc1ccc(-c2onc(C)c2C)cc1S(=O)(=O)N1CCN(Cc2ccc(F)cc2)CC1. The molecule has 6 nitrogen and oxygen atoms in total. The minimum atomic E-state index is -3.64. The number of aromatic nitrogens is 1. The minimum absolute atomic E-state index is 0.257. The van der Waals surface area contributed by atoms with Crippen LogP contribution in [0, 0.1) is 26.6 Å². The molecule has 1 aliphatic heterocycles. The van der Waals surface area contributed by atoms with Crippen molar-refractivity contribution < 1.29 is 17.3 Å². The van der Waals surface area contributed by atoms with Crippen LogP contribution in [0.2, 0.25) is 0 Å². The molecule has 8 heteroatoms. The highest BCUT2D eigenvalue weighted by atomic mass is 32.2. The standard InChI is InChI=1S/C23H26FN3O3S/c1-16-4-7-20(23-17(2)18(3)25-30-23)14-22(16)31(28,29)27-12-10-26(11-13-27)15-19-5-8-21(24)9-6-19/h4-9,14H,10-13,15H2,1-3H3. The molecule has 0 atom stereocenters. The zero-order chi connectivity index (χ0) is 22.2. The average Bonchev–Trinajstić information content (AvgIpc) is 3.09. The maximum absolute atomic E-state index is 13.4. The first-order valence-electron chi connectivity index (χ1n) is 10.3. The summed E-state index contributed by atoms with van der Waals surface area (Å²) in [6.45, 7) is 8.31. The third kappa shape index (κ3) is 4.42. The molecule has 0 aliphatic carbocycles. The van der Waals surface area contributed by atoms with E-state index in [1.54, 1.807) is 29.4 Å². The van der Waals surface area contributed by atoms with E-state index in [4.69, 9.17) is 4.52 Å². The van der Waals surface area contributed by atoms with Gasteiger partial charge in [-0.15, -0.1) is 0 Å². The summed E-state index contributed by atoms with van der Waals surface area (Å²) in [4.78, 5) is 2.48. The molecule has 0 unspecified atom stereocenters. The summed E-state index contributed by atoms with van der Waals surface area (Å²) in [5, 5.41) is 3.98. The van der Waals surface area contributed by atoms with Gasteiger partial charge in [-0.3, -0.25) is 4.90 Å². The van der Waals surface area contributed by atoms with Crippen molar-refractivity contribution in [3.05, 3.63) is 70.7 Å². The summed E-state index contributed by atoms with van der Waals surface area (Å²) in [6.07, 6.45) is 0. The maximum Gasteiger partial charge on any atom is 0.243 e. The van der Waals surface area contributed by atoms with Crippen LogP contribution in [0.4, 0.5) is 4.39 Å². The van der Waals surface area contributed by atoms with Gasteiger partial charge in [0.15, 0.2) is 5.76 Å². The Balaban J connectivity index is 1.51. The smallest absolute Gasteiger partial charge is 0.243 e. The molecule has 0 amide bonds. The number of benzene rings is 2. The maximum atomic E-state index is 13.4. The van der Waals surface area contributed by atoms with Gasteiger partial charge in [-0.05, 0) is 50.1 Å². The van der Waals surface area contributed by atoms with E-state index in [-0.39, 0.29) is 5.82 Å². The van der Waals surface area contributed by atoms with Gasteiger partial charge >= 0.3 is 0 Å². The average molecular weight is 444 g/mol. The first-order valence-corrected chi connectivity index (χ1v) is 11.7. The number of sulfonamides is 1. The quantitative estimate of drug-likeness (QED) is 0.598. The molecule has 1 fully saturated rings. The van der Waals surface area contributed by atoms with Gasteiger partial charge in [0.25, 0.3) is 0 Å². The topological polar surface area (TPSA) is 66.7 Å². The van der Waals surface area contributed by atoms with Crippen LogP contribution in [-0.4, -0.2) is 49.0 Å². The van der Waals surface area contributed by atoms with Crippen LogP contribution in [0.1, 0.15) is 22.4 Å². The third-order valence-corrected chi connectivity index (χ3v) is 7.92. The molecule has 3 aromatic rings. The van der Waals surface area contributed by atoms with Gasteiger partial charge in [0.05, 0.1) is 10.6 Å². The van der Waals surface area contributed by atoms with Gasteiger partial charge in [-0.2, -0.15) is 4.31 Å². The van der Waals surface area contributed by atoms with Crippen LogP contribution >= 0.6 is 0 Å². The van der Waals surface area contributed by atoms with Crippen molar-refractivity contribution in [2.75, 3.05) is 26.2 Å². The predicted octanol–water partition coefficient (Wildman–Crippen LogP) is 3.91. The van der Waals surface area contributed by atoms with E-state index in [0.717, 1.165) is 16.8 Å². The lowest BCUT2D eigenvalue weighted by molar-refractivity contribution is 0.181. The Morgan fingerprint density at radius 1 is 1.00 bits per heavy atom. The first kappa shape index (κ1) is 21.7. The van der Waals surface area contributed by atoms with Crippen LogP contribution in [0.5, 0.6) is 0 Å². The molecule has 0 N–H and O–H groups in total. The van der Waals surface area contributed by atoms with E-state index < -0.39 is 10.0 Å². The van der Waals surface area contributed by atoms with Crippen molar-refractivity contribution in [1.82, 2.24) is 14.4 Å². The van der Waals surface area contributed by atoms with Crippen molar-refractivity contribution >= 4 is 10.0 Å². The lowest BCUT2D eigenvalue weighted by atomic mass is 10.1. The Morgan fingerprint density at radius 2 is 1.68 bits per heavy atom. The van der Waals surface area contributed by atoms with Gasteiger partial charge < -0.3 is 4.52 Å². The number of halogens is 1. The largest absolute Gasteiger partial charge is 0.356 e. The zero-order valence-electron chi connectivity index (χ0n) is 17.9. The molecule has 31 heavy (non-hydrogen) atoms. The molecular formula is C23H26FN3O3S. The molecule has 4 rings (SSSR count). The van der Waals surface area contributed by atoms with E-state index >= 15 is 0 Å². The molecule has 0 saturated carbocycles. The fourth-order valence-electron chi connectivity index (χ4n) is 3.82. The van der Waals surface area contributed by atoms with Crippen LogP contribution < -0.4 is 0 Å². The van der Waals surface area contributed by atoms with Crippen molar-refractivity contribution in [3.63, 3.8) is 0 Å². The summed E-state index contributed by atoms with van der Waals surface area (Å²) in [6, 6.07) is 11.8. The minimum Gasteiger partial charge on any atom is -0.356 e. The van der Waals surface area contributed by atoms with E-state index in [2.05, 4.69) is 10.1 Å². The molecule has 0 bridgehead atoms. The van der Waals surface area contributed by atoms with Crippen LogP contribution in [0.15, 0.2) is 51.9 Å².